The predicted octanol–water partition coefficient (Wildman–Crippen LogP) is 2.08. The van der Waals surface area contributed by atoms with Crippen LogP contribution < -0.4 is 0 Å². The molecule has 0 bridgehead atoms. The highest BCUT2D eigenvalue weighted by Crippen LogP contribution is 2.23. The summed E-state index contributed by atoms with van der Waals surface area (Å²) >= 11 is 1.07. The summed E-state index contributed by atoms with van der Waals surface area (Å²) < 4.78 is 4.70. The number of thioether (sulfide) groups is 1. The third kappa shape index (κ3) is 4.97. The molecule has 0 aliphatic carbocycles. The van der Waals surface area contributed by atoms with Crippen LogP contribution in [0.5, 0.6) is 0 Å². The van der Waals surface area contributed by atoms with Gasteiger partial charge in [-0.15, -0.1) is 0 Å². The monoisotopic (exact) mass is 320 g/mol. The Kier molecular flexibility index (Phi) is 6.73. The number of ketones is 2. The highest BCUT2D eigenvalue weighted by Gasteiger charge is 2.15. The molecule has 0 aliphatic rings. The second-order valence-corrected chi connectivity index (χ2v) is 5.42. The average Bonchev–Trinajstić information content (AvgIpc) is 2.44. The van der Waals surface area contributed by atoms with Gasteiger partial charge in [0, 0.05) is 11.3 Å². The van der Waals surface area contributed by atoms with Crippen LogP contribution in [0.1, 0.15) is 41.9 Å². The quantitative estimate of drug-likeness (QED) is 0.328. The first-order valence-electron chi connectivity index (χ1n) is 6.61. The first-order valence-corrected chi connectivity index (χ1v) is 7.60. The number of hydrogen-bond donors (Lipinski definition) is 0. The van der Waals surface area contributed by atoms with E-state index in [1.807, 2.05) is 6.07 Å². The maximum atomic E-state index is 11.7. The Morgan fingerprint density at radius 3 is 2.64 bits per heavy atom. The van der Waals surface area contributed by atoms with E-state index in [-0.39, 0.29) is 35.9 Å². The highest BCUT2D eigenvalue weighted by molar-refractivity contribution is 8.00. The molecule has 7 heteroatoms. The lowest BCUT2D eigenvalue weighted by molar-refractivity contribution is -0.145. The van der Waals surface area contributed by atoms with Gasteiger partial charge in [0.2, 0.25) is 0 Å². The van der Waals surface area contributed by atoms with E-state index in [4.69, 9.17) is 10.00 Å². The number of aryl methyl sites for hydroxylation is 1. The van der Waals surface area contributed by atoms with Crippen molar-refractivity contribution in [2.24, 2.45) is 0 Å². The zero-order valence-corrected chi connectivity index (χ0v) is 13.5. The van der Waals surface area contributed by atoms with E-state index in [9.17, 15) is 14.4 Å². The molecule has 0 spiro atoms. The number of aromatic nitrogens is 1. The molecule has 0 amide bonds. The minimum absolute atomic E-state index is 0.0132. The lowest BCUT2D eigenvalue weighted by Crippen LogP contribution is -2.13. The molecule has 1 aromatic rings. The van der Waals surface area contributed by atoms with Gasteiger partial charge in [-0.25, -0.2) is 4.98 Å². The van der Waals surface area contributed by atoms with Crippen molar-refractivity contribution < 1.29 is 19.1 Å². The van der Waals surface area contributed by atoms with Gasteiger partial charge in [-0.2, -0.15) is 5.26 Å². The smallest absolute Gasteiger partial charge is 0.313 e. The Hall–Kier alpha value is -2.20. The highest BCUT2D eigenvalue weighted by atomic mass is 32.2. The largest absolute Gasteiger partial charge is 0.466 e. The van der Waals surface area contributed by atoms with Crippen LogP contribution in [-0.2, 0) is 14.3 Å². The van der Waals surface area contributed by atoms with Crippen molar-refractivity contribution in [3.63, 3.8) is 0 Å². The minimum atomic E-state index is -0.565. The van der Waals surface area contributed by atoms with Crippen LogP contribution >= 0.6 is 11.8 Å². The molecule has 1 heterocycles. The van der Waals surface area contributed by atoms with Gasteiger partial charge in [-0.05, 0) is 26.8 Å². The van der Waals surface area contributed by atoms with Crippen LogP contribution in [0.15, 0.2) is 11.1 Å². The van der Waals surface area contributed by atoms with Crippen molar-refractivity contribution in [1.82, 2.24) is 4.98 Å². The van der Waals surface area contributed by atoms with Crippen LogP contribution in [0, 0.1) is 18.3 Å². The fraction of sp³-hybridized carbons (Fsp3) is 0.400. The molecular formula is C15H16N2O4S. The van der Waals surface area contributed by atoms with Crippen LogP contribution in [0.3, 0.4) is 0 Å². The molecule has 0 saturated carbocycles. The Morgan fingerprint density at radius 1 is 1.41 bits per heavy atom. The molecule has 0 atom stereocenters. The fourth-order valence-corrected chi connectivity index (χ4v) is 2.56. The number of nitriles is 1. The third-order valence-corrected chi connectivity index (χ3v) is 3.75. The molecule has 1 aromatic heterocycles. The Labute approximate surface area is 132 Å². The standard InChI is InChI=1S/C15H16N2O4S/c1-4-21-14(20)6-12(19)8-22-15-11(7-16)5-13(10(3)18)9(2)17-15/h5H,4,6,8H2,1-3H3. The van der Waals surface area contributed by atoms with Crippen molar-refractivity contribution in [2.75, 3.05) is 12.4 Å². The first kappa shape index (κ1) is 17.9. The average molecular weight is 320 g/mol. The molecular weight excluding hydrogens is 304 g/mol. The van der Waals surface area contributed by atoms with Crippen molar-refractivity contribution in [2.45, 2.75) is 32.2 Å². The molecule has 0 aliphatic heterocycles. The van der Waals surface area contributed by atoms with Gasteiger partial charge < -0.3 is 4.74 Å². The summed E-state index contributed by atoms with van der Waals surface area (Å²) in [5.74, 6) is -1.03. The van der Waals surface area contributed by atoms with Crippen molar-refractivity contribution in [1.29, 1.82) is 5.26 Å². The number of carbonyl (C=O) groups excluding carboxylic acids is 3. The predicted molar refractivity (Wildman–Crippen MR) is 80.7 cm³/mol. The molecule has 0 unspecified atom stereocenters. The van der Waals surface area contributed by atoms with E-state index in [0.29, 0.717) is 16.3 Å². The van der Waals surface area contributed by atoms with Crippen LogP contribution in [0.2, 0.25) is 0 Å². The van der Waals surface area contributed by atoms with E-state index < -0.39 is 5.97 Å². The lowest BCUT2D eigenvalue weighted by Gasteiger charge is -2.07. The SMILES string of the molecule is CCOC(=O)CC(=O)CSc1nc(C)c(C(C)=O)cc1C#N. The zero-order chi connectivity index (χ0) is 16.7. The Morgan fingerprint density at radius 2 is 2.09 bits per heavy atom. The zero-order valence-electron chi connectivity index (χ0n) is 12.6. The molecule has 22 heavy (non-hydrogen) atoms. The van der Waals surface area contributed by atoms with Gasteiger partial charge in [-0.1, -0.05) is 11.8 Å². The van der Waals surface area contributed by atoms with Crippen LogP contribution in [0.4, 0.5) is 0 Å². The number of rotatable bonds is 7. The number of pyridine rings is 1. The van der Waals surface area contributed by atoms with Gasteiger partial charge in [0.05, 0.1) is 17.9 Å². The summed E-state index contributed by atoms with van der Waals surface area (Å²) in [4.78, 5) is 38.5. The van der Waals surface area contributed by atoms with Gasteiger partial charge in [0.15, 0.2) is 11.6 Å². The van der Waals surface area contributed by atoms with Crippen molar-refractivity contribution in [3.8, 4) is 6.07 Å². The molecule has 0 aromatic carbocycles. The van der Waals surface area contributed by atoms with Crippen LogP contribution in [-0.4, -0.2) is 34.9 Å². The Balaban J connectivity index is 2.80. The van der Waals surface area contributed by atoms with Crippen molar-refractivity contribution in [3.05, 3.63) is 22.9 Å². The summed E-state index contributed by atoms with van der Waals surface area (Å²) in [6.45, 7) is 4.97. The maximum absolute atomic E-state index is 11.7. The van der Waals surface area contributed by atoms with Gasteiger partial charge in [0.1, 0.15) is 17.5 Å². The Bertz CT molecular complexity index is 650. The molecule has 0 N–H and O–H groups in total. The number of hydrogen-bond acceptors (Lipinski definition) is 7. The van der Waals surface area contributed by atoms with E-state index in [0.717, 1.165) is 11.8 Å². The maximum Gasteiger partial charge on any atom is 0.313 e. The minimum Gasteiger partial charge on any atom is -0.466 e. The summed E-state index contributed by atoms with van der Waals surface area (Å²) in [6, 6.07) is 3.44. The third-order valence-electron chi connectivity index (χ3n) is 2.69. The molecule has 6 nitrogen and oxygen atoms in total. The van der Waals surface area contributed by atoms with E-state index in [1.54, 1.807) is 13.8 Å². The number of esters is 1. The second-order valence-electron chi connectivity index (χ2n) is 4.45. The summed E-state index contributed by atoms with van der Waals surface area (Å²) in [5.41, 5.74) is 1.13. The van der Waals surface area contributed by atoms with E-state index in [1.165, 1.54) is 13.0 Å². The molecule has 0 radical (unpaired) electrons. The molecule has 116 valence electrons. The van der Waals surface area contributed by atoms with Gasteiger partial charge in [0.25, 0.3) is 0 Å². The number of ether oxygens (including phenoxy) is 1. The molecule has 0 fully saturated rings. The van der Waals surface area contributed by atoms with Gasteiger partial charge in [-0.3, -0.25) is 14.4 Å². The van der Waals surface area contributed by atoms with E-state index >= 15 is 0 Å². The van der Waals surface area contributed by atoms with Crippen molar-refractivity contribution >= 4 is 29.3 Å². The summed E-state index contributed by atoms with van der Waals surface area (Å²) in [7, 11) is 0. The summed E-state index contributed by atoms with van der Waals surface area (Å²) in [6.07, 6.45) is -0.298. The molecule has 0 saturated heterocycles. The first-order chi connectivity index (χ1) is 10.4. The normalized spacial score (nSPS) is 9.91. The lowest BCUT2D eigenvalue weighted by atomic mass is 10.1. The fourth-order valence-electron chi connectivity index (χ4n) is 1.70. The van der Waals surface area contributed by atoms with Gasteiger partial charge >= 0.3 is 5.97 Å². The number of carbonyl (C=O) groups is 3. The topological polar surface area (TPSA) is 97.1 Å². The van der Waals surface area contributed by atoms with E-state index in [2.05, 4.69) is 4.98 Å². The second kappa shape index (κ2) is 8.29. The number of Topliss-reactive ketones (excluding diaryl/α,β-unsaturated/α-hetero) is 2. The molecule has 1 rings (SSSR count). The summed E-state index contributed by atoms with van der Waals surface area (Å²) in [5, 5.41) is 9.50. The van der Waals surface area contributed by atoms with Crippen LogP contribution in [0.25, 0.3) is 0 Å². The number of nitrogens with zero attached hydrogens (tertiary/aromatic N) is 2.